The van der Waals surface area contributed by atoms with Crippen molar-refractivity contribution < 1.29 is 0 Å². The Morgan fingerprint density at radius 1 is 1.55 bits per heavy atom. The summed E-state index contributed by atoms with van der Waals surface area (Å²) in [5.41, 5.74) is 1.14. The monoisotopic (exact) mass is 150 g/mol. The van der Waals surface area contributed by atoms with Crippen LogP contribution in [-0.2, 0) is 0 Å². The molecular weight excluding hydrogens is 136 g/mol. The highest BCUT2D eigenvalue weighted by molar-refractivity contribution is 5.78. The Morgan fingerprint density at radius 3 is 2.73 bits per heavy atom. The van der Waals surface area contributed by atoms with Gasteiger partial charge in [0.15, 0.2) is 0 Å². The van der Waals surface area contributed by atoms with E-state index in [-0.39, 0.29) is 0 Å². The topological polar surface area (TPSA) is 27.1 Å². The van der Waals surface area contributed by atoms with Crippen molar-refractivity contribution in [2.75, 3.05) is 7.05 Å². The maximum Gasteiger partial charge on any atom is 0.0967 e. The molecule has 0 heterocycles. The molecule has 0 bridgehead atoms. The largest absolute Gasteiger partial charge is 0.334 e. The first kappa shape index (κ1) is 8.05. The van der Waals surface area contributed by atoms with Crippen LogP contribution in [0.3, 0.4) is 0 Å². The number of hydrogen-bond donors (Lipinski definition) is 1. The van der Waals surface area contributed by atoms with Crippen molar-refractivity contribution in [2.24, 2.45) is 0 Å². The molecule has 0 aliphatic heterocycles. The highest BCUT2D eigenvalue weighted by Gasteiger charge is 2.03. The molecule has 1 aliphatic rings. The zero-order valence-corrected chi connectivity index (χ0v) is 7.09. The molecule has 1 N–H and O–H groups in total. The van der Waals surface area contributed by atoms with Crippen LogP contribution >= 0.6 is 0 Å². The molecule has 1 aliphatic carbocycles. The van der Waals surface area contributed by atoms with Crippen LogP contribution in [0.5, 0.6) is 0 Å². The van der Waals surface area contributed by atoms with Crippen molar-refractivity contribution >= 4 is 5.84 Å². The van der Waals surface area contributed by atoms with Gasteiger partial charge in [-0.1, -0.05) is 12.2 Å². The first-order valence-electron chi connectivity index (χ1n) is 3.87. The molecule has 0 aromatic carbocycles. The number of rotatable bonds is 1. The molecule has 0 aromatic heterocycles. The highest BCUT2D eigenvalue weighted by Crippen LogP contribution is 2.12. The molecule has 2 nitrogen and oxygen atoms in total. The lowest BCUT2D eigenvalue weighted by Crippen LogP contribution is -2.21. The fourth-order valence-electron chi connectivity index (χ4n) is 1.04. The lowest BCUT2D eigenvalue weighted by Gasteiger charge is -2.20. The van der Waals surface area contributed by atoms with Gasteiger partial charge in [0, 0.05) is 12.7 Å². The zero-order valence-electron chi connectivity index (χ0n) is 7.09. The Hall–Kier alpha value is -1.05. The molecule has 0 radical (unpaired) electrons. The van der Waals surface area contributed by atoms with Crippen molar-refractivity contribution in [3.63, 3.8) is 0 Å². The second-order valence-corrected chi connectivity index (χ2v) is 2.75. The minimum atomic E-state index is 0.586. The van der Waals surface area contributed by atoms with Gasteiger partial charge in [-0.05, 0) is 25.8 Å². The molecule has 0 fully saturated rings. The van der Waals surface area contributed by atoms with Crippen molar-refractivity contribution in [1.29, 1.82) is 5.41 Å². The van der Waals surface area contributed by atoms with E-state index in [1.165, 1.54) is 0 Å². The normalized spacial score (nSPS) is 16.0. The van der Waals surface area contributed by atoms with Gasteiger partial charge >= 0.3 is 0 Å². The summed E-state index contributed by atoms with van der Waals surface area (Å²) < 4.78 is 0. The van der Waals surface area contributed by atoms with Crippen LogP contribution in [0.15, 0.2) is 23.9 Å². The predicted molar refractivity (Wildman–Crippen MR) is 47.6 cm³/mol. The molecule has 0 atom stereocenters. The van der Waals surface area contributed by atoms with Gasteiger partial charge in [0.2, 0.25) is 0 Å². The summed E-state index contributed by atoms with van der Waals surface area (Å²) in [6.45, 7) is 1.79. The van der Waals surface area contributed by atoms with Crippen molar-refractivity contribution in [1.82, 2.24) is 4.90 Å². The fourth-order valence-corrected chi connectivity index (χ4v) is 1.04. The van der Waals surface area contributed by atoms with E-state index in [9.17, 15) is 0 Å². The van der Waals surface area contributed by atoms with Gasteiger partial charge < -0.3 is 4.90 Å². The molecule has 0 saturated carbocycles. The zero-order chi connectivity index (χ0) is 8.27. The Labute approximate surface area is 67.7 Å². The van der Waals surface area contributed by atoms with Crippen LogP contribution < -0.4 is 0 Å². The van der Waals surface area contributed by atoms with Gasteiger partial charge in [-0.2, -0.15) is 0 Å². The van der Waals surface area contributed by atoms with Crippen molar-refractivity contribution in [2.45, 2.75) is 19.8 Å². The standard InChI is InChI=1S/C9H14N2/c1-8(10)11(2)9-6-4-3-5-7-9/h4,6-7,10H,3,5H2,1-2H3. The van der Waals surface area contributed by atoms with Gasteiger partial charge in [0.1, 0.15) is 0 Å². The lowest BCUT2D eigenvalue weighted by molar-refractivity contribution is 0.628. The summed E-state index contributed by atoms with van der Waals surface area (Å²) in [5, 5.41) is 7.39. The fraction of sp³-hybridized carbons (Fsp3) is 0.444. The minimum absolute atomic E-state index is 0.586. The predicted octanol–water partition coefficient (Wildman–Crippen LogP) is 2.15. The molecule has 2 heteroatoms. The Balaban J connectivity index is 2.66. The van der Waals surface area contributed by atoms with Crippen LogP contribution in [0.4, 0.5) is 0 Å². The number of hydrogen-bond acceptors (Lipinski definition) is 1. The number of nitrogens with one attached hydrogen (secondary N) is 1. The summed E-state index contributed by atoms with van der Waals surface area (Å²) in [6, 6.07) is 0. The Bertz CT molecular complexity index is 214. The summed E-state index contributed by atoms with van der Waals surface area (Å²) >= 11 is 0. The van der Waals surface area contributed by atoms with E-state index in [1.54, 1.807) is 6.92 Å². The third-order valence-corrected chi connectivity index (χ3v) is 1.87. The van der Waals surface area contributed by atoms with E-state index in [0.29, 0.717) is 5.84 Å². The maximum absolute atomic E-state index is 7.39. The van der Waals surface area contributed by atoms with E-state index in [2.05, 4.69) is 18.2 Å². The van der Waals surface area contributed by atoms with E-state index < -0.39 is 0 Å². The van der Waals surface area contributed by atoms with Crippen LogP contribution in [0, 0.1) is 5.41 Å². The lowest BCUT2D eigenvalue weighted by atomic mass is 10.1. The van der Waals surface area contributed by atoms with Crippen molar-refractivity contribution in [3.8, 4) is 0 Å². The van der Waals surface area contributed by atoms with Gasteiger partial charge in [-0.25, -0.2) is 0 Å². The average Bonchev–Trinajstić information content (AvgIpc) is 2.05. The quantitative estimate of drug-likeness (QED) is 0.450. The van der Waals surface area contributed by atoms with Crippen molar-refractivity contribution in [3.05, 3.63) is 23.9 Å². The molecule has 0 aromatic rings. The van der Waals surface area contributed by atoms with E-state index in [4.69, 9.17) is 5.41 Å². The third kappa shape index (κ3) is 1.93. The maximum atomic E-state index is 7.39. The number of amidine groups is 1. The molecule has 60 valence electrons. The van der Waals surface area contributed by atoms with Crippen LogP contribution in [0.1, 0.15) is 19.8 Å². The second kappa shape index (κ2) is 3.37. The van der Waals surface area contributed by atoms with Crippen LogP contribution in [0.2, 0.25) is 0 Å². The van der Waals surface area contributed by atoms with Gasteiger partial charge in [-0.3, -0.25) is 5.41 Å². The SMILES string of the molecule is CC(=N)N(C)C1=CCCC=C1. The first-order valence-corrected chi connectivity index (χ1v) is 3.87. The molecule has 0 unspecified atom stereocenters. The van der Waals surface area contributed by atoms with Crippen LogP contribution in [0.25, 0.3) is 0 Å². The van der Waals surface area contributed by atoms with Gasteiger partial charge in [0.05, 0.1) is 5.84 Å². The summed E-state index contributed by atoms with van der Waals surface area (Å²) in [5.74, 6) is 0.586. The summed E-state index contributed by atoms with van der Waals surface area (Å²) in [4.78, 5) is 1.88. The summed E-state index contributed by atoms with van der Waals surface area (Å²) in [7, 11) is 1.92. The molecule has 0 spiro atoms. The first-order chi connectivity index (χ1) is 5.22. The molecule has 0 saturated heterocycles. The molecular formula is C9H14N2. The third-order valence-electron chi connectivity index (χ3n) is 1.87. The number of nitrogens with zero attached hydrogens (tertiary/aromatic N) is 1. The Kier molecular flexibility index (Phi) is 2.47. The smallest absolute Gasteiger partial charge is 0.0967 e. The van der Waals surface area contributed by atoms with E-state index in [1.807, 2.05) is 11.9 Å². The average molecular weight is 150 g/mol. The molecule has 11 heavy (non-hydrogen) atoms. The second-order valence-electron chi connectivity index (χ2n) is 2.75. The molecule has 0 amide bonds. The number of likely N-dealkylation sites (N-methyl/N-ethyl adjacent to an activating group) is 1. The highest BCUT2D eigenvalue weighted by atomic mass is 15.1. The van der Waals surface area contributed by atoms with E-state index in [0.717, 1.165) is 18.5 Å². The van der Waals surface area contributed by atoms with Crippen LogP contribution in [-0.4, -0.2) is 17.8 Å². The van der Waals surface area contributed by atoms with Gasteiger partial charge in [0.25, 0.3) is 0 Å². The Morgan fingerprint density at radius 2 is 2.27 bits per heavy atom. The summed E-state index contributed by atoms with van der Waals surface area (Å²) in [6.07, 6.45) is 8.62. The van der Waals surface area contributed by atoms with E-state index >= 15 is 0 Å². The van der Waals surface area contributed by atoms with Gasteiger partial charge in [-0.15, -0.1) is 0 Å². The number of allylic oxidation sites excluding steroid dienone is 3. The molecule has 1 rings (SSSR count). The minimum Gasteiger partial charge on any atom is -0.334 e.